The number of hydrogen-bond acceptors (Lipinski definition) is 8. The van der Waals surface area contributed by atoms with Gasteiger partial charge >= 0.3 is 5.97 Å². The average Bonchev–Trinajstić information content (AvgIpc) is 3.80. The van der Waals surface area contributed by atoms with Gasteiger partial charge in [-0.15, -0.1) is 0 Å². The lowest BCUT2D eigenvalue weighted by molar-refractivity contribution is -0.118. The van der Waals surface area contributed by atoms with Crippen LogP contribution in [0.2, 0.25) is 0 Å². The predicted octanol–water partition coefficient (Wildman–Crippen LogP) is 3.78. The first-order chi connectivity index (χ1) is 21.0. The fourth-order valence-electron chi connectivity index (χ4n) is 6.32. The average molecular weight is 628 g/mol. The number of methoxy groups -OCH3 is 1. The van der Waals surface area contributed by atoms with Crippen molar-refractivity contribution in [2.45, 2.75) is 57.9 Å². The summed E-state index contributed by atoms with van der Waals surface area (Å²) in [6.45, 7) is 5.59. The fraction of sp³-hybridized carbons (Fsp3) is 0.531. The lowest BCUT2D eigenvalue weighted by atomic mass is 9.77. The molecule has 238 valence electrons. The van der Waals surface area contributed by atoms with Gasteiger partial charge in [0.2, 0.25) is 5.91 Å². The van der Waals surface area contributed by atoms with Gasteiger partial charge in [-0.25, -0.2) is 4.79 Å². The second-order valence-electron chi connectivity index (χ2n) is 12.1. The first-order valence-corrected chi connectivity index (χ1v) is 16.9. The molecular weight excluding hydrogens is 586 g/mol. The summed E-state index contributed by atoms with van der Waals surface area (Å²) in [7, 11) is -2.65. The van der Waals surface area contributed by atoms with Crippen molar-refractivity contribution in [3.63, 3.8) is 0 Å². The fourth-order valence-corrected chi connectivity index (χ4v) is 6.83. The molecule has 0 bridgehead atoms. The van der Waals surface area contributed by atoms with Crippen LogP contribution in [0.15, 0.2) is 36.4 Å². The summed E-state index contributed by atoms with van der Waals surface area (Å²) >= 11 is 0. The highest BCUT2D eigenvalue weighted by molar-refractivity contribution is 7.85. The second-order valence-corrected chi connectivity index (χ2v) is 13.7. The minimum Gasteiger partial charge on any atom is -0.494 e. The van der Waals surface area contributed by atoms with E-state index in [4.69, 9.17) is 14.0 Å². The van der Waals surface area contributed by atoms with Gasteiger partial charge in [0.05, 0.1) is 25.0 Å². The number of hydrogen-bond donors (Lipinski definition) is 2. The normalized spacial score (nSPS) is 18.4. The molecule has 5 rings (SSSR count). The smallest absolute Gasteiger partial charge is 0.338 e. The molecule has 2 amide bonds. The Balaban J connectivity index is 1.19. The number of benzene rings is 2. The number of esters is 1. The number of anilines is 1. The van der Waals surface area contributed by atoms with E-state index in [0.717, 1.165) is 61.3 Å². The van der Waals surface area contributed by atoms with Gasteiger partial charge < -0.3 is 19.7 Å². The SMILES string of the molecule is CCOc1cc(C(=O)OC)c(C2CC2)cc1CN1CCC2(CC1)CC(=O)N(c1ccc(C(=O)NCCCS(=O)(=O)O)cc1)C2. The molecule has 0 atom stereocenters. The maximum atomic E-state index is 13.1. The van der Waals surface area contributed by atoms with E-state index in [1.54, 1.807) is 24.3 Å². The van der Waals surface area contributed by atoms with Crippen LogP contribution in [0, 0.1) is 5.41 Å². The first kappa shape index (κ1) is 31.9. The van der Waals surface area contributed by atoms with Crippen LogP contribution < -0.4 is 15.0 Å². The number of nitrogens with zero attached hydrogens (tertiary/aromatic N) is 2. The van der Waals surface area contributed by atoms with E-state index in [2.05, 4.69) is 16.3 Å². The largest absolute Gasteiger partial charge is 0.494 e. The Hall–Kier alpha value is -3.48. The molecule has 0 unspecified atom stereocenters. The van der Waals surface area contributed by atoms with E-state index >= 15 is 0 Å². The molecule has 2 aromatic rings. The summed E-state index contributed by atoms with van der Waals surface area (Å²) < 4.78 is 41.5. The van der Waals surface area contributed by atoms with Crippen LogP contribution in [0.4, 0.5) is 5.69 Å². The molecule has 44 heavy (non-hydrogen) atoms. The van der Waals surface area contributed by atoms with Gasteiger partial charge in [-0.3, -0.25) is 19.0 Å². The van der Waals surface area contributed by atoms with E-state index in [-0.39, 0.29) is 36.2 Å². The van der Waals surface area contributed by atoms with E-state index in [1.807, 2.05) is 17.9 Å². The Morgan fingerprint density at radius 3 is 2.43 bits per heavy atom. The summed E-state index contributed by atoms with van der Waals surface area (Å²) in [4.78, 5) is 42.2. The van der Waals surface area contributed by atoms with E-state index in [1.165, 1.54) is 7.11 Å². The number of piperidine rings is 1. The Bertz CT molecular complexity index is 1500. The minimum absolute atomic E-state index is 0.0759. The number of likely N-dealkylation sites (tertiary alicyclic amines) is 1. The molecule has 3 fully saturated rings. The van der Waals surface area contributed by atoms with Crippen LogP contribution in [-0.2, 0) is 26.2 Å². The Kier molecular flexibility index (Phi) is 9.62. The van der Waals surface area contributed by atoms with Crippen molar-refractivity contribution >= 4 is 33.6 Å². The number of carbonyl (C=O) groups excluding carboxylic acids is 3. The summed E-state index contributed by atoms with van der Waals surface area (Å²) in [6, 6.07) is 10.8. The lowest BCUT2D eigenvalue weighted by Crippen LogP contribution is -2.41. The predicted molar refractivity (Wildman–Crippen MR) is 165 cm³/mol. The van der Waals surface area contributed by atoms with Gasteiger partial charge in [-0.05, 0) is 105 Å². The standard InChI is InChI=1S/C32H41N3O8S/c1-3-43-28-18-27(31(38)42-2)26(22-5-6-22)17-24(28)20-34-14-11-32(12-15-34)19-29(36)35(21-32)25-9-7-23(8-10-25)30(37)33-13-4-16-44(39,40)41/h7-10,17-18,22H,3-6,11-16,19-21H2,1-2H3,(H,33,37)(H,39,40,41). The molecule has 2 heterocycles. The highest BCUT2D eigenvalue weighted by atomic mass is 32.2. The van der Waals surface area contributed by atoms with E-state index in [0.29, 0.717) is 43.2 Å². The van der Waals surface area contributed by atoms with Gasteiger partial charge in [0.15, 0.2) is 0 Å². The third kappa shape index (κ3) is 7.59. The number of carbonyl (C=O) groups is 3. The van der Waals surface area contributed by atoms with Crippen LogP contribution in [0.1, 0.15) is 83.2 Å². The van der Waals surface area contributed by atoms with Crippen LogP contribution in [0.3, 0.4) is 0 Å². The maximum Gasteiger partial charge on any atom is 0.338 e. The van der Waals surface area contributed by atoms with Crippen molar-refractivity contribution in [2.75, 3.05) is 50.5 Å². The molecule has 2 aromatic carbocycles. The van der Waals surface area contributed by atoms with Crippen molar-refractivity contribution < 1.29 is 36.8 Å². The van der Waals surface area contributed by atoms with Crippen molar-refractivity contribution in [1.29, 1.82) is 0 Å². The summed E-state index contributed by atoms with van der Waals surface area (Å²) in [5.74, 6) is 0.0893. The third-order valence-electron chi connectivity index (χ3n) is 8.89. The van der Waals surface area contributed by atoms with E-state index in [9.17, 15) is 22.8 Å². The third-order valence-corrected chi connectivity index (χ3v) is 9.70. The topological polar surface area (TPSA) is 143 Å². The molecule has 11 nitrogen and oxygen atoms in total. The summed E-state index contributed by atoms with van der Waals surface area (Å²) in [6.07, 6.45) is 4.52. The lowest BCUT2D eigenvalue weighted by Gasteiger charge is -2.39. The molecule has 3 aliphatic rings. The molecule has 2 saturated heterocycles. The zero-order valence-corrected chi connectivity index (χ0v) is 26.2. The summed E-state index contributed by atoms with van der Waals surface area (Å²) in [5.41, 5.74) is 3.76. The van der Waals surface area contributed by atoms with Crippen molar-refractivity contribution in [3.05, 3.63) is 58.7 Å². The quantitative estimate of drug-likeness (QED) is 0.204. The zero-order chi connectivity index (χ0) is 31.5. The molecule has 1 spiro atoms. The zero-order valence-electron chi connectivity index (χ0n) is 25.3. The molecule has 1 saturated carbocycles. The molecule has 0 radical (unpaired) electrons. The highest BCUT2D eigenvalue weighted by Crippen LogP contribution is 2.45. The van der Waals surface area contributed by atoms with Crippen molar-refractivity contribution in [2.24, 2.45) is 5.41 Å². The molecule has 1 aliphatic carbocycles. The Morgan fingerprint density at radius 2 is 1.82 bits per heavy atom. The molecular formula is C32H41N3O8S. The van der Waals surface area contributed by atoms with Crippen LogP contribution in [-0.4, -0.2) is 81.3 Å². The number of rotatable bonds is 12. The first-order valence-electron chi connectivity index (χ1n) is 15.2. The van der Waals surface area contributed by atoms with Crippen LogP contribution in [0.5, 0.6) is 5.75 Å². The minimum atomic E-state index is -4.06. The number of nitrogens with one attached hydrogen (secondary N) is 1. The number of ether oxygens (including phenoxy) is 2. The highest BCUT2D eigenvalue weighted by Gasteiger charge is 2.45. The van der Waals surface area contributed by atoms with Gasteiger partial charge in [-0.1, -0.05) is 0 Å². The second kappa shape index (κ2) is 13.3. The van der Waals surface area contributed by atoms with Crippen LogP contribution in [0.25, 0.3) is 0 Å². The molecule has 12 heteroatoms. The van der Waals surface area contributed by atoms with Crippen LogP contribution >= 0.6 is 0 Å². The molecule has 2 aliphatic heterocycles. The van der Waals surface area contributed by atoms with Crippen molar-refractivity contribution in [1.82, 2.24) is 10.2 Å². The van der Waals surface area contributed by atoms with Gasteiger partial charge in [0, 0.05) is 42.9 Å². The molecule has 0 aromatic heterocycles. The van der Waals surface area contributed by atoms with Gasteiger partial charge in [-0.2, -0.15) is 8.42 Å². The summed E-state index contributed by atoms with van der Waals surface area (Å²) in [5, 5.41) is 2.64. The van der Waals surface area contributed by atoms with Gasteiger partial charge in [0.25, 0.3) is 16.0 Å². The van der Waals surface area contributed by atoms with E-state index < -0.39 is 15.9 Å². The molecule has 2 N–H and O–H groups in total. The Labute approximate surface area is 258 Å². The monoisotopic (exact) mass is 627 g/mol. The Morgan fingerprint density at radius 1 is 1.11 bits per heavy atom. The number of amides is 2. The van der Waals surface area contributed by atoms with Gasteiger partial charge in [0.1, 0.15) is 5.75 Å². The maximum absolute atomic E-state index is 13.1. The van der Waals surface area contributed by atoms with Crippen molar-refractivity contribution in [3.8, 4) is 5.75 Å².